The molecular weight excluding hydrogens is 452 g/mol. The molecule has 0 aliphatic rings. The number of amides is 2. The van der Waals surface area contributed by atoms with Crippen LogP contribution in [-0.2, 0) is 22.6 Å². The van der Waals surface area contributed by atoms with Gasteiger partial charge in [0.05, 0.1) is 0 Å². The average Bonchev–Trinajstić information content (AvgIpc) is 2.87. The second-order valence-corrected chi connectivity index (χ2v) is 10.4. The van der Waals surface area contributed by atoms with Gasteiger partial charge in [-0.25, -0.2) is 0 Å². The van der Waals surface area contributed by atoms with E-state index in [9.17, 15) is 9.59 Å². The number of carbonyl (C=O) groups is 2. The first kappa shape index (κ1) is 26.6. The molecule has 35 heavy (non-hydrogen) atoms. The van der Waals surface area contributed by atoms with Crippen LogP contribution >= 0.6 is 11.8 Å². The molecule has 5 heteroatoms. The van der Waals surface area contributed by atoms with Crippen LogP contribution in [0.25, 0.3) is 0 Å². The maximum absolute atomic E-state index is 13.6. The van der Waals surface area contributed by atoms with Crippen LogP contribution in [0.4, 0.5) is 0 Å². The summed E-state index contributed by atoms with van der Waals surface area (Å²) in [7, 11) is 0. The van der Waals surface area contributed by atoms with Gasteiger partial charge in [0.25, 0.3) is 0 Å². The van der Waals surface area contributed by atoms with Gasteiger partial charge in [-0.3, -0.25) is 9.59 Å². The highest BCUT2D eigenvalue weighted by atomic mass is 32.2. The molecule has 0 saturated carbocycles. The summed E-state index contributed by atoms with van der Waals surface area (Å²) in [5.41, 5.74) is 3.23. The van der Waals surface area contributed by atoms with Gasteiger partial charge in [-0.2, -0.15) is 0 Å². The van der Waals surface area contributed by atoms with Gasteiger partial charge in [0.2, 0.25) is 11.8 Å². The Kier molecular flexibility index (Phi) is 10.4. The van der Waals surface area contributed by atoms with Crippen molar-refractivity contribution < 1.29 is 9.59 Å². The van der Waals surface area contributed by atoms with Crippen molar-refractivity contribution >= 4 is 23.6 Å². The zero-order chi connectivity index (χ0) is 25.0. The molecule has 0 spiro atoms. The third kappa shape index (κ3) is 8.91. The highest BCUT2D eigenvalue weighted by molar-refractivity contribution is 7.99. The molecule has 3 aromatic rings. The van der Waals surface area contributed by atoms with Crippen LogP contribution < -0.4 is 5.32 Å². The van der Waals surface area contributed by atoms with E-state index in [2.05, 4.69) is 31.3 Å². The normalized spacial score (nSPS) is 11.8. The third-order valence-corrected chi connectivity index (χ3v) is 6.77. The van der Waals surface area contributed by atoms with Crippen molar-refractivity contribution in [3.8, 4) is 0 Å². The smallest absolute Gasteiger partial charge is 0.243 e. The Bertz CT molecular complexity index is 1050. The molecule has 1 atom stereocenters. The Hall–Kier alpha value is -3.05. The van der Waals surface area contributed by atoms with E-state index in [-0.39, 0.29) is 11.8 Å². The van der Waals surface area contributed by atoms with Gasteiger partial charge >= 0.3 is 0 Å². The molecule has 3 rings (SSSR count). The molecule has 0 heterocycles. The summed E-state index contributed by atoms with van der Waals surface area (Å²) in [5, 5.41) is 3.08. The van der Waals surface area contributed by atoms with Gasteiger partial charge in [-0.1, -0.05) is 92.2 Å². The number of nitrogens with zero attached hydrogens (tertiary/aromatic N) is 1. The molecule has 0 fully saturated rings. The van der Waals surface area contributed by atoms with Gasteiger partial charge in [-0.05, 0) is 36.1 Å². The number of nitrogens with one attached hydrogen (secondary N) is 1. The molecule has 3 aromatic carbocycles. The minimum atomic E-state index is -0.577. The summed E-state index contributed by atoms with van der Waals surface area (Å²) in [4.78, 5) is 30.0. The van der Waals surface area contributed by atoms with E-state index in [0.29, 0.717) is 37.6 Å². The fraction of sp³-hybridized carbons (Fsp3) is 0.333. The van der Waals surface area contributed by atoms with E-state index in [1.807, 2.05) is 79.7 Å². The van der Waals surface area contributed by atoms with Crippen LogP contribution in [0, 0.1) is 12.8 Å². The fourth-order valence-electron chi connectivity index (χ4n) is 3.78. The van der Waals surface area contributed by atoms with Crippen molar-refractivity contribution in [2.45, 2.75) is 51.1 Å². The molecule has 0 aliphatic heterocycles. The molecule has 1 N–H and O–H groups in total. The first-order valence-corrected chi connectivity index (χ1v) is 13.3. The second kappa shape index (κ2) is 13.7. The van der Waals surface area contributed by atoms with Gasteiger partial charge < -0.3 is 10.2 Å². The monoisotopic (exact) mass is 488 g/mol. The number of rotatable bonds is 12. The van der Waals surface area contributed by atoms with Crippen molar-refractivity contribution in [2.24, 2.45) is 5.92 Å². The lowest BCUT2D eigenvalue weighted by molar-refractivity contribution is -0.141. The van der Waals surface area contributed by atoms with Crippen molar-refractivity contribution in [1.29, 1.82) is 0 Å². The fourth-order valence-corrected chi connectivity index (χ4v) is 4.65. The van der Waals surface area contributed by atoms with Gasteiger partial charge in [0, 0.05) is 36.6 Å². The van der Waals surface area contributed by atoms with E-state index >= 15 is 0 Å². The van der Waals surface area contributed by atoms with E-state index in [1.54, 1.807) is 16.7 Å². The molecule has 0 aromatic heterocycles. The first-order chi connectivity index (χ1) is 16.9. The molecule has 0 radical (unpaired) electrons. The zero-order valence-corrected chi connectivity index (χ0v) is 21.8. The lowest BCUT2D eigenvalue weighted by atomic mass is 10.0. The first-order valence-electron chi connectivity index (χ1n) is 12.3. The lowest BCUT2D eigenvalue weighted by Crippen LogP contribution is -2.51. The average molecular weight is 489 g/mol. The molecule has 184 valence electrons. The van der Waals surface area contributed by atoms with E-state index in [4.69, 9.17) is 0 Å². The number of aryl methyl sites for hydroxylation is 1. The summed E-state index contributed by atoms with van der Waals surface area (Å²) in [6.07, 6.45) is 0.850. The minimum absolute atomic E-state index is 0.00497. The van der Waals surface area contributed by atoms with Crippen molar-refractivity contribution in [2.75, 3.05) is 12.3 Å². The standard InChI is InChI=1S/C30H36N2O2S/c1-23(2)21-31-30(34)28(20-25-10-6-4-7-11-25)32(22-26-16-14-24(3)15-17-26)29(33)18-19-35-27-12-8-5-9-13-27/h4-17,23,28H,18-22H2,1-3H3,(H,31,34)/t28-/m0/s1. The summed E-state index contributed by atoms with van der Waals surface area (Å²) in [5.74, 6) is 0.895. The maximum Gasteiger partial charge on any atom is 0.243 e. The number of benzene rings is 3. The van der Waals surface area contributed by atoms with Crippen molar-refractivity contribution in [3.05, 3.63) is 102 Å². The van der Waals surface area contributed by atoms with Gasteiger partial charge in [0.15, 0.2) is 0 Å². The SMILES string of the molecule is Cc1ccc(CN(C(=O)CCSc2ccccc2)[C@@H](Cc2ccccc2)C(=O)NCC(C)C)cc1. The van der Waals surface area contributed by atoms with Gasteiger partial charge in [-0.15, -0.1) is 11.8 Å². The molecule has 4 nitrogen and oxygen atoms in total. The lowest BCUT2D eigenvalue weighted by Gasteiger charge is -2.32. The molecule has 0 saturated heterocycles. The van der Waals surface area contributed by atoms with Crippen LogP contribution in [0.1, 0.15) is 37.0 Å². The van der Waals surface area contributed by atoms with Crippen LogP contribution in [-0.4, -0.2) is 35.1 Å². The van der Waals surface area contributed by atoms with Crippen LogP contribution in [0.5, 0.6) is 0 Å². The predicted octanol–water partition coefficient (Wildman–Crippen LogP) is 5.89. The molecule has 0 bridgehead atoms. The zero-order valence-electron chi connectivity index (χ0n) is 20.9. The number of thioether (sulfide) groups is 1. The summed E-state index contributed by atoms with van der Waals surface area (Å²) < 4.78 is 0. The Labute approximate surface area is 214 Å². The molecule has 0 unspecified atom stereocenters. The quantitative estimate of drug-likeness (QED) is 0.324. The molecular formula is C30H36N2O2S. The highest BCUT2D eigenvalue weighted by Crippen LogP contribution is 2.21. The highest BCUT2D eigenvalue weighted by Gasteiger charge is 2.30. The summed E-state index contributed by atoms with van der Waals surface area (Å²) >= 11 is 1.66. The second-order valence-electron chi connectivity index (χ2n) is 9.26. The van der Waals surface area contributed by atoms with Crippen molar-refractivity contribution in [3.63, 3.8) is 0 Å². The summed E-state index contributed by atoms with van der Waals surface area (Å²) in [6, 6.07) is 27.6. The largest absolute Gasteiger partial charge is 0.354 e. The van der Waals surface area contributed by atoms with Crippen LogP contribution in [0.2, 0.25) is 0 Å². The summed E-state index contributed by atoms with van der Waals surface area (Å²) in [6.45, 7) is 7.18. The van der Waals surface area contributed by atoms with Gasteiger partial charge in [0.1, 0.15) is 6.04 Å². The predicted molar refractivity (Wildman–Crippen MR) is 145 cm³/mol. The Morgan fingerprint density at radius 1 is 0.857 bits per heavy atom. The number of carbonyl (C=O) groups excluding carboxylic acids is 2. The van der Waals surface area contributed by atoms with Crippen LogP contribution in [0.15, 0.2) is 89.8 Å². The maximum atomic E-state index is 13.6. The third-order valence-electron chi connectivity index (χ3n) is 5.76. The van der Waals surface area contributed by atoms with Crippen molar-refractivity contribution in [1.82, 2.24) is 10.2 Å². The van der Waals surface area contributed by atoms with E-state index < -0.39 is 6.04 Å². The van der Waals surface area contributed by atoms with Crippen LogP contribution in [0.3, 0.4) is 0 Å². The van der Waals surface area contributed by atoms with E-state index in [1.165, 1.54) is 5.56 Å². The Balaban J connectivity index is 1.83. The molecule has 2 amide bonds. The molecule has 0 aliphatic carbocycles. The Morgan fingerprint density at radius 3 is 2.11 bits per heavy atom. The number of hydrogen-bond acceptors (Lipinski definition) is 3. The minimum Gasteiger partial charge on any atom is -0.354 e. The number of hydrogen-bond donors (Lipinski definition) is 1. The Morgan fingerprint density at radius 2 is 1.49 bits per heavy atom. The van der Waals surface area contributed by atoms with E-state index in [0.717, 1.165) is 16.0 Å². The topological polar surface area (TPSA) is 49.4 Å².